The minimum absolute atomic E-state index is 0.103. The molecule has 28 heavy (non-hydrogen) atoms. The van der Waals surface area contributed by atoms with Crippen molar-refractivity contribution in [3.63, 3.8) is 0 Å². The number of methoxy groups -OCH3 is 1. The Hall–Kier alpha value is -2.13. The number of ether oxygens (including phenoxy) is 4. The van der Waals surface area contributed by atoms with Gasteiger partial charge in [-0.3, -0.25) is 9.69 Å². The lowest BCUT2D eigenvalue weighted by atomic mass is 10.1. The summed E-state index contributed by atoms with van der Waals surface area (Å²) in [6.45, 7) is 2.72. The Labute approximate surface area is 172 Å². The lowest BCUT2D eigenvalue weighted by molar-refractivity contribution is -0.120. The molecule has 2 atom stereocenters. The first-order chi connectivity index (χ1) is 13.6. The molecular formula is C20H19NO5S2. The van der Waals surface area contributed by atoms with Crippen molar-refractivity contribution in [1.82, 2.24) is 4.90 Å². The molecule has 2 aliphatic heterocycles. The Morgan fingerprint density at radius 3 is 2.93 bits per heavy atom. The van der Waals surface area contributed by atoms with Crippen molar-refractivity contribution in [2.45, 2.75) is 19.1 Å². The molecule has 0 spiro atoms. The normalized spacial score (nSPS) is 25.3. The highest BCUT2D eigenvalue weighted by molar-refractivity contribution is 8.26. The summed E-state index contributed by atoms with van der Waals surface area (Å²) in [5.74, 6) is 1.13. The number of thioether (sulfide) groups is 1. The van der Waals surface area contributed by atoms with E-state index in [0.717, 1.165) is 5.56 Å². The van der Waals surface area contributed by atoms with E-state index in [1.165, 1.54) is 16.7 Å². The number of nitrogens with zero attached hydrogens (tertiary/aromatic N) is 1. The number of hydrogen-bond donors (Lipinski definition) is 0. The Morgan fingerprint density at radius 1 is 1.32 bits per heavy atom. The van der Waals surface area contributed by atoms with Crippen molar-refractivity contribution in [2.24, 2.45) is 0 Å². The fourth-order valence-corrected chi connectivity index (χ4v) is 4.45. The predicted octanol–water partition coefficient (Wildman–Crippen LogP) is 3.49. The van der Waals surface area contributed by atoms with Crippen molar-refractivity contribution in [1.29, 1.82) is 0 Å². The van der Waals surface area contributed by atoms with Gasteiger partial charge in [0, 0.05) is 5.70 Å². The van der Waals surface area contributed by atoms with Crippen LogP contribution in [0.5, 0.6) is 11.5 Å². The molecule has 0 N–H and O–H groups in total. The lowest BCUT2D eigenvalue weighted by Crippen LogP contribution is -2.31. The summed E-state index contributed by atoms with van der Waals surface area (Å²) in [4.78, 5) is 15.1. The summed E-state index contributed by atoms with van der Waals surface area (Å²) >= 11 is 6.72. The third kappa shape index (κ3) is 3.60. The lowest BCUT2D eigenvalue weighted by Gasteiger charge is -2.22. The van der Waals surface area contributed by atoms with E-state index in [2.05, 4.69) is 0 Å². The maximum atomic E-state index is 13.0. The second-order valence-corrected chi connectivity index (χ2v) is 7.87. The van der Waals surface area contributed by atoms with Crippen molar-refractivity contribution in [3.05, 3.63) is 52.6 Å². The van der Waals surface area contributed by atoms with Gasteiger partial charge in [-0.1, -0.05) is 36.1 Å². The summed E-state index contributed by atoms with van der Waals surface area (Å²) in [5, 5.41) is 0. The van der Waals surface area contributed by atoms with E-state index in [0.29, 0.717) is 33.0 Å². The average Bonchev–Trinajstić information content (AvgIpc) is 3.26. The van der Waals surface area contributed by atoms with Crippen LogP contribution in [0.4, 0.5) is 0 Å². The monoisotopic (exact) mass is 417 g/mol. The van der Waals surface area contributed by atoms with Crippen molar-refractivity contribution in [3.8, 4) is 11.5 Å². The van der Waals surface area contributed by atoms with Crippen molar-refractivity contribution >= 4 is 40.3 Å². The summed E-state index contributed by atoms with van der Waals surface area (Å²) in [6.07, 6.45) is 7.14. The minimum atomic E-state index is -0.191. The van der Waals surface area contributed by atoms with Crippen molar-refractivity contribution in [2.75, 3.05) is 20.5 Å². The molecule has 1 aromatic carbocycles. The quantitative estimate of drug-likeness (QED) is 0.537. The number of hydrogen-bond acceptors (Lipinski definition) is 7. The molecular weight excluding hydrogens is 398 g/mol. The van der Waals surface area contributed by atoms with E-state index < -0.39 is 0 Å². The van der Waals surface area contributed by atoms with Crippen LogP contribution in [0.2, 0.25) is 0 Å². The third-order valence-electron chi connectivity index (χ3n) is 4.47. The molecule has 146 valence electrons. The van der Waals surface area contributed by atoms with Gasteiger partial charge in [0.25, 0.3) is 5.91 Å². The number of fused-ring (bicyclic) bond motifs is 1. The topological polar surface area (TPSA) is 57.2 Å². The van der Waals surface area contributed by atoms with E-state index in [1.54, 1.807) is 7.11 Å². The Balaban J connectivity index is 1.58. The van der Waals surface area contributed by atoms with E-state index in [9.17, 15) is 4.79 Å². The highest BCUT2D eigenvalue weighted by Crippen LogP contribution is 2.38. The molecule has 0 radical (unpaired) electrons. The van der Waals surface area contributed by atoms with Crippen LogP contribution in [0.1, 0.15) is 12.5 Å². The smallest absolute Gasteiger partial charge is 0.270 e. The Bertz CT molecular complexity index is 908. The number of benzene rings is 1. The molecule has 8 heteroatoms. The van der Waals surface area contributed by atoms with Gasteiger partial charge < -0.3 is 18.9 Å². The largest absolute Gasteiger partial charge is 0.493 e. The molecule has 1 aromatic rings. The number of allylic oxidation sites excluding steroid dienone is 1. The molecule has 1 amide bonds. The molecule has 2 saturated heterocycles. The molecule has 2 fully saturated rings. The SMILES string of the molecule is CCOc1ccc(/C=C2\SC(=S)N(C3=C[C@H]4OCO[C@H]4C=C3)C2=O)cc1OC. The van der Waals surface area contributed by atoms with Crippen LogP contribution in [0.15, 0.2) is 47.0 Å². The zero-order valence-electron chi connectivity index (χ0n) is 15.4. The van der Waals surface area contributed by atoms with Gasteiger partial charge in [0.1, 0.15) is 19.0 Å². The zero-order chi connectivity index (χ0) is 19.7. The fraction of sp³-hybridized carbons (Fsp3) is 0.300. The van der Waals surface area contributed by atoms with Crippen LogP contribution in [-0.4, -0.2) is 47.8 Å². The molecule has 0 bridgehead atoms. The van der Waals surface area contributed by atoms with Crippen LogP contribution < -0.4 is 9.47 Å². The van der Waals surface area contributed by atoms with Gasteiger partial charge in [0.2, 0.25) is 0 Å². The second kappa shape index (κ2) is 8.08. The summed E-state index contributed by atoms with van der Waals surface area (Å²) in [6, 6.07) is 5.55. The summed E-state index contributed by atoms with van der Waals surface area (Å²) < 4.78 is 22.4. The van der Waals surface area contributed by atoms with Gasteiger partial charge >= 0.3 is 0 Å². The van der Waals surface area contributed by atoms with Crippen LogP contribution >= 0.6 is 24.0 Å². The number of rotatable bonds is 5. The first-order valence-corrected chi connectivity index (χ1v) is 10.0. The van der Waals surface area contributed by atoms with Crippen LogP contribution in [0, 0.1) is 0 Å². The van der Waals surface area contributed by atoms with Crippen molar-refractivity contribution < 1.29 is 23.7 Å². The maximum absolute atomic E-state index is 13.0. The third-order valence-corrected chi connectivity index (χ3v) is 5.78. The molecule has 3 aliphatic rings. The standard InChI is InChI=1S/C20H19NO5S2/c1-3-24-14-6-4-12(8-16(14)23-2)9-18-19(22)21(20(27)28-18)13-5-7-15-17(10-13)26-11-25-15/h4-10,15,17H,3,11H2,1-2H3/b18-9-/t15-,17+/m0/s1. The van der Waals surface area contributed by atoms with Gasteiger partial charge in [0.05, 0.1) is 18.6 Å². The minimum Gasteiger partial charge on any atom is -0.493 e. The highest BCUT2D eigenvalue weighted by Gasteiger charge is 2.37. The van der Waals surface area contributed by atoms with E-state index >= 15 is 0 Å². The van der Waals surface area contributed by atoms with E-state index in [4.69, 9.17) is 31.2 Å². The van der Waals surface area contributed by atoms with Gasteiger partial charge in [-0.05, 0) is 42.8 Å². The number of amides is 1. The molecule has 0 unspecified atom stereocenters. The van der Waals surface area contributed by atoms with E-state index in [-0.39, 0.29) is 24.9 Å². The molecule has 1 aliphatic carbocycles. The first-order valence-electron chi connectivity index (χ1n) is 8.82. The Kier molecular flexibility index (Phi) is 5.54. The Morgan fingerprint density at radius 2 is 2.14 bits per heavy atom. The molecule has 2 heterocycles. The van der Waals surface area contributed by atoms with Crippen LogP contribution in [-0.2, 0) is 14.3 Å². The van der Waals surface area contributed by atoms with E-state index in [1.807, 2.05) is 49.4 Å². The predicted molar refractivity (Wildman–Crippen MR) is 111 cm³/mol. The fourth-order valence-electron chi connectivity index (χ4n) is 3.15. The molecule has 0 saturated carbocycles. The maximum Gasteiger partial charge on any atom is 0.270 e. The summed E-state index contributed by atoms with van der Waals surface area (Å²) in [7, 11) is 1.59. The molecule has 4 rings (SSSR count). The molecule has 6 nitrogen and oxygen atoms in total. The van der Waals surface area contributed by atoms with Crippen LogP contribution in [0.3, 0.4) is 0 Å². The van der Waals surface area contributed by atoms with Gasteiger partial charge in [-0.25, -0.2) is 0 Å². The average molecular weight is 418 g/mol. The van der Waals surface area contributed by atoms with Crippen LogP contribution in [0.25, 0.3) is 6.08 Å². The molecule has 0 aromatic heterocycles. The zero-order valence-corrected chi connectivity index (χ0v) is 17.0. The number of thiocarbonyl (C=S) groups is 1. The number of carbonyl (C=O) groups excluding carboxylic acids is 1. The van der Waals surface area contributed by atoms with Gasteiger partial charge in [-0.15, -0.1) is 0 Å². The highest BCUT2D eigenvalue weighted by atomic mass is 32.2. The second-order valence-electron chi connectivity index (χ2n) is 6.19. The number of carbonyl (C=O) groups is 1. The first kappa shape index (κ1) is 19.2. The summed E-state index contributed by atoms with van der Waals surface area (Å²) in [5.41, 5.74) is 1.54. The van der Waals surface area contributed by atoms with Gasteiger partial charge in [0.15, 0.2) is 15.8 Å². The van der Waals surface area contributed by atoms with Gasteiger partial charge in [-0.2, -0.15) is 0 Å².